The van der Waals surface area contributed by atoms with Crippen molar-refractivity contribution in [3.8, 4) is 0 Å². The van der Waals surface area contributed by atoms with Gasteiger partial charge >= 0.3 is 5.97 Å². The highest BCUT2D eigenvalue weighted by molar-refractivity contribution is 8.00. The van der Waals surface area contributed by atoms with Gasteiger partial charge in [-0.25, -0.2) is 4.79 Å². The quantitative estimate of drug-likeness (QED) is 0.722. The van der Waals surface area contributed by atoms with Crippen LogP contribution in [0.15, 0.2) is 29.2 Å². The second kappa shape index (κ2) is 8.92. The summed E-state index contributed by atoms with van der Waals surface area (Å²) in [5.41, 5.74) is 1.11. The van der Waals surface area contributed by atoms with Gasteiger partial charge in [0, 0.05) is 4.90 Å². The standard InChI is InChI=1S/C14H19NO3S2/c1-10-5-3-4-6-12(10)20-9-13(16)15-11(14(17)18)7-8-19-2/h3-6,11H,7-9H2,1-2H3,(H,15,16)(H,17,18). The fraction of sp³-hybridized carbons (Fsp3) is 0.429. The molecule has 2 N–H and O–H groups in total. The number of hydrogen-bond donors (Lipinski definition) is 2. The van der Waals surface area contributed by atoms with E-state index in [-0.39, 0.29) is 11.7 Å². The van der Waals surface area contributed by atoms with E-state index >= 15 is 0 Å². The van der Waals surface area contributed by atoms with Crippen LogP contribution in [0.4, 0.5) is 0 Å². The van der Waals surface area contributed by atoms with E-state index in [1.807, 2.05) is 37.4 Å². The zero-order valence-electron chi connectivity index (χ0n) is 11.6. The molecule has 1 rings (SSSR count). The van der Waals surface area contributed by atoms with E-state index in [9.17, 15) is 9.59 Å². The predicted molar refractivity (Wildman–Crippen MR) is 84.5 cm³/mol. The van der Waals surface area contributed by atoms with Gasteiger partial charge in [0.25, 0.3) is 0 Å². The first kappa shape index (κ1) is 16.9. The molecule has 0 bridgehead atoms. The van der Waals surface area contributed by atoms with E-state index in [4.69, 9.17) is 5.11 Å². The molecule has 0 aromatic heterocycles. The zero-order chi connectivity index (χ0) is 15.0. The maximum absolute atomic E-state index is 11.8. The molecule has 0 radical (unpaired) electrons. The van der Waals surface area contributed by atoms with Crippen LogP contribution in [0.25, 0.3) is 0 Å². The van der Waals surface area contributed by atoms with Crippen LogP contribution in [0.1, 0.15) is 12.0 Å². The molecule has 0 heterocycles. The van der Waals surface area contributed by atoms with Gasteiger partial charge in [-0.15, -0.1) is 11.8 Å². The van der Waals surface area contributed by atoms with Crippen molar-refractivity contribution in [2.24, 2.45) is 0 Å². The van der Waals surface area contributed by atoms with Crippen molar-refractivity contribution in [3.63, 3.8) is 0 Å². The van der Waals surface area contributed by atoms with E-state index in [1.165, 1.54) is 11.8 Å². The predicted octanol–water partition coefficient (Wildman–Crippen LogP) is 2.41. The lowest BCUT2D eigenvalue weighted by Gasteiger charge is -2.14. The number of thioether (sulfide) groups is 2. The molecule has 1 aromatic carbocycles. The van der Waals surface area contributed by atoms with Gasteiger partial charge in [-0.3, -0.25) is 4.79 Å². The minimum atomic E-state index is -0.978. The van der Waals surface area contributed by atoms with E-state index in [0.29, 0.717) is 12.2 Å². The van der Waals surface area contributed by atoms with Crippen LogP contribution in [0.5, 0.6) is 0 Å². The Morgan fingerprint density at radius 3 is 2.65 bits per heavy atom. The van der Waals surface area contributed by atoms with Crippen LogP contribution in [0.2, 0.25) is 0 Å². The van der Waals surface area contributed by atoms with Crippen molar-refractivity contribution in [1.82, 2.24) is 5.32 Å². The molecule has 6 heteroatoms. The average Bonchev–Trinajstić information content (AvgIpc) is 2.42. The SMILES string of the molecule is CSCCC(NC(=O)CSc1ccccc1C)C(=O)O. The van der Waals surface area contributed by atoms with Crippen LogP contribution in [0, 0.1) is 6.92 Å². The lowest BCUT2D eigenvalue weighted by atomic mass is 10.2. The molecule has 0 aliphatic carbocycles. The molecule has 0 saturated carbocycles. The first-order chi connectivity index (χ1) is 9.54. The second-order valence-electron chi connectivity index (χ2n) is 4.29. The molecule has 20 heavy (non-hydrogen) atoms. The molecular weight excluding hydrogens is 294 g/mol. The van der Waals surface area contributed by atoms with E-state index in [0.717, 1.165) is 10.5 Å². The summed E-state index contributed by atoms with van der Waals surface area (Å²) >= 11 is 2.99. The monoisotopic (exact) mass is 313 g/mol. The third kappa shape index (κ3) is 5.88. The van der Waals surface area contributed by atoms with Crippen LogP contribution in [-0.4, -0.2) is 40.8 Å². The Morgan fingerprint density at radius 1 is 1.35 bits per heavy atom. The van der Waals surface area contributed by atoms with Crippen LogP contribution in [-0.2, 0) is 9.59 Å². The molecule has 1 amide bonds. The number of amides is 1. The number of aliphatic carboxylic acids is 1. The van der Waals surface area contributed by atoms with Crippen LogP contribution < -0.4 is 5.32 Å². The topological polar surface area (TPSA) is 66.4 Å². The smallest absolute Gasteiger partial charge is 0.326 e. The largest absolute Gasteiger partial charge is 0.480 e. The van der Waals surface area contributed by atoms with E-state index < -0.39 is 12.0 Å². The first-order valence-electron chi connectivity index (χ1n) is 6.24. The summed E-state index contributed by atoms with van der Waals surface area (Å²) in [7, 11) is 0. The maximum atomic E-state index is 11.8. The lowest BCUT2D eigenvalue weighted by molar-refractivity contribution is -0.141. The number of carboxylic acids is 1. The minimum Gasteiger partial charge on any atom is -0.480 e. The summed E-state index contributed by atoms with van der Waals surface area (Å²) in [6.45, 7) is 1.98. The third-order valence-corrected chi connectivity index (χ3v) is 4.52. The summed E-state index contributed by atoms with van der Waals surface area (Å²) in [5.74, 6) is -0.282. The van der Waals surface area contributed by atoms with Crippen molar-refractivity contribution in [1.29, 1.82) is 0 Å². The Labute approximate surface area is 127 Å². The number of aryl methyl sites for hydroxylation is 1. The Balaban J connectivity index is 2.46. The Bertz CT molecular complexity index is 465. The summed E-state index contributed by atoms with van der Waals surface area (Å²) in [5, 5.41) is 11.6. The van der Waals surface area contributed by atoms with Gasteiger partial charge in [0.1, 0.15) is 6.04 Å². The highest BCUT2D eigenvalue weighted by atomic mass is 32.2. The molecule has 110 valence electrons. The van der Waals surface area contributed by atoms with Crippen LogP contribution in [0.3, 0.4) is 0 Å². The number of carbonyl (C=O) groups is 2. The molecule has 0 spiro atoms. The van der Waals surface area contributed by atoms with Gasteiger partial charge < -0.3 is 10.4 Å². The molecule has 0 aliphatic rings. The number of carbonyl (C=O) groups excluding carboxylic acids is 1. The molecule has 4 nitrogen and oxygen atoms in total. The Morgan fingerprint density at radius 2 is 2.05 bits per heavy atom. The van der Waals surface area contributed by atoms with Crippen molar-refractivity contribution in [2.75, 3.05) is 17.8 Å². The molecule has 1 atom stereocenters. The number of benzene rings is 1. The zero-order valence-corrected chi connectivity index (χ0v) is 13.2. The van der Waals surface area contributed by atoms with Gasteiger partial charge in [0.15, 0.2) is 0 Å². The van der Waals surface area contributed by atoms with Gasteiger partial charge in [-0.2, -0.15) is 11.8 Å². The normalized spacial score (nSPS) is 11.9. The van der Waals surface area contributed by atoms with E-state index in [1.54, 1.807) is 11.8 Å². The number of carboxylic acid groups (broad SMARTS) is 1. The summed E-state index contributed by atoms with van der Waals surface area (Å²) in [6.07, 6.45) is 2.35. The summed E-state index contributed by atoms with van der Waals surface area (Å²) in [6, 6.07) is 7.01. The van der Waals surface area contributed by atoms with Crippen molar-refractivity contribution in [3.05, 3.63) is 29.8 Å². The molecule has 1 aromatic rings. The highest BCUT2D eigenvalue weighted by Crippen LogP contribution is 2.21. The van der Waals surface area contributed by atoms with Crippen molar-refractivity contribution in [2.45, 2.75) is 24.3 Å². The van der Waals surface area contributed by atoms with Crippen molar-refractivity contribution < 1.29 is 14.7 Å². The van der Waals surface area contributed by atoms with Crippen LogP contribution >= 0.6 is 23.5 Å². The molecular formula is C14H19NO3S2. The summed E-state index contributed by atoms with van der Waals surface area (Å²) in [4.78, 5) is 23.9. The Kier molecular flexibility index (Phi) is 7.54. The molecule has 1 unspecified atom stereocenters. The van der Waals surface area contributed by atoms with Crippen molar-refractivity contribution >= 4 is 35.4 Å². The lowest BCUT2D eigenvalue weighted by Crippen LogP contribution is -2.42. The minimum absolute atomic E-state index is 0.230. The first-order valence-corrected chi connectivity index (χ1v) is 8.62. The van der Waals surface area contributed by atoms with Gasteiger partial charge in [0.2, 0.25) is 5.91 Å². The number of hydrogen-bond acceptors (Lipinski definition) is 4. The van der Waals surface area contributed by atoms with Gasteiger partial charge in [-0.1, -0.05) is 18.2 Å². The van der Waals surface area contributed by atoms with E-state index in [2.05, 4.69) is 5.32 Å². The highest BCUT2D eigenvalue weighted by Gasteiger charge is 2.19. The molecule has 0 aliphatic heterocycles. The average molecular weight is 313 g/mol. The fourth-order valence-corrected chi connectivity index (χ4v) is 2.90. The molecule has 0 saturated heterocycles. The number of rotatable bonds is 8. The third-order valence-electron chi connectivity index (χ3n) is 2.70. The summed E-state index contributed by atoms with van der Waals surface area (Å²) < 4.78 is 0. The van der Waals surface area contributed by atoms with Gasteiger partial charge in [-0.05, 0) is 37.0 Å². The van der Waals surface area contributed by atoms with Gasteiger partial charge in [0.05, 0.1) is 5.75 Å². The number of nitrogens with one attached hydrogen (secondary N) is 1. The molecule has 0 fully saturated rings. The fourth-order valence-electron chi connectivity index (χ4n) is 1.59. The maximum Gasteiger partial charge on any atom is 0.326 e. The second-order valence-corrected chi connectivity index (χ2v) is 6.30. The Hall–Kier alpha value is -1.14.